The van der Waals surface area contributed by atoms with Gasteiger partial charge < -0.3 is 10.6 Å². The number of halogens is 1. The molecule has 4 fully saturated rings. The molecule has 0 aromatic heterocycles. The van der Waals surface area contributed by atoms with Crippen molar-refractivity contribution in [2.24, 2.45) is 29.6 Å². The smallest absolute Gasteiger partial charge is 0.225 e. The molecule has 2 N–H and O–H groups in total. The second-order valence-electron chi connectivity index (χ2n) is 6.62. The van der Waals surface area contributed by atoms with E-state index in [0.717, 1.165) is 36.8 Å². The van der Waals surface area contributed by atoms with Gasteiger partial charge in [0.25, 0.3) is 0 Å². The van der Waals surface area contributed by atoms with Gasteiger partial charge in [0.05, 0.1) is 5.92 Å². The molecule has 5 unspecified atom stereocenters. The Morgan fingerprint density at radius 3 is 2.56 bits per heavy atom. The van der Waals surface area contributed by atoms with Gasteiger partial charge in [0, 0.05) is 19.1 Å². The van der Waals surface area contributed by atoms with Crippen LogP contribution in [0.2, 0.25) is 0 Å². The Morgan fingerprint density at radius 2 is 1.83 bits per heavy atom. The van der Waals surface area contributed by atoms with Crippen molar-refractivity contribution in [3.63, 3.8) is 0 Å². The van der Waals surface area contributed by atoms with Crippen LogP contribution >= 0.6 is 12.4 Å². The summed E-state index contributed by atoms with van der Waals surface area (Å²) in [5, 5.41) is 6.52. The lowest BCUT2D eigenvalue weighted by Crippen LogP contribution is -2.54. The van der Waals surface area contributed by atoms with Crippen LogP contribution in [-0.4, -0.2) is 25.0 Å². The molecule has 18 heavy (non-hydrogen) atoms. The number of fused-ring (bicyclic) bond motifs is 5. The molecule has 3 nitrogen and oxygen atoms in total. The largest absolute Gasteiger partial charge is 0.353 e. The van der Waals surface area contributed by atoms with Crippen LogP contribution < -0.4 is 10.6 Å². The summed E-state index contributed by atoms with van der Waals surface area (Å²) in [5.41, 5.74) is 0. The lowest BCUT2D eigenvalue weighted by atomic mass is 9.79. The third-order valence-electron chi connectivity index (χ3n) is 5.91. The van der Waals surface area contributed by atoms with Gasteiger partial charge >= 0.3 is 0 Å². The van der Waals surface area contributed by atoms with Crippen molar-refractivity contribution in [2.75, 3.05) is 13.1 Å². The number of hydrogen-bond donors (Lipinski definition) is 2. The van der Waals surface area contributed by atoms with Crippen LogP contribution in [-0.2, 0) is 4.79 Å². The van der Waals surface area contributed by atoms with E-state index >= 15 is 0 Å². The van der Waals surface area contributed by atoms with Gasteiger partial charge in [-0.1, -0.05) is 6.42 Å². The van der Waals surface area contributed by atoms with Gasteiger partial charge in [-0.3, -0.25) is 4.79 Å². The number of amides is 1. The molecule has 0 radical (unpaired) electrons. The Labute approximate surface area is 115 Å². The van der Waals surface area contributed by atoms with Crippen LogP contribution in [0.4, 0.5) is 0 Å². The Balaban J connectivity index is 0.000001000. The van der Waals surface area contributed by atoms with Crippen molar-refractivity contribution in [2.45, 2.75) is 38.1 Å². The van der Waals surface area contributed by atoms with Crippen molar-refractivity contribution in [3.05, 3.63) is 0 Å². The molecule has 4 aliphatic rings. The minimum Gasteiger partial charge on any atom is -0.353 e. The Hall–Kier alpha value is -0.280. The van der Waals surface area contributed by atoms with Gasteiger partial charge in [-0.25, -0.2) is 0 Å². The van der Waals surface area contributed by atoms with E-state index in [1.54, 1.807) is 0 Å². The first kappa shape index (κ1) is 12.7. The number of carbonyl (C=O) groups excluding carboxylic acids is 1. The molecule has 5 atom stereocenters. The average Bonchev–Trinajstić information content (AvgIpc) is 2.82. The monoisotopic (exact) mass is 270 g/mol. The van der Waals surface area contributed by atoms with E-state index in [1.807, 2.05) is 0 Å². The van der Waals surface area contributed by atoms with E-state index in [1.165, 1.54) is 32.1 Å². The predicted molar refractivity (Wildman–Crippen MR) is 72.6 cm³/mol. The first-order chi connectivity index (χ1) is 8.33. The van der Waals surface area contributed by atoms with Crippen molar-refractivity contribution in [3.8, 4) is 0 Å². The quantitative estimate of drug-likeness (QED) is 0.800. The van der Waals surface area contributed by atoms with E-state index in [0.29, 0.717) is 11.9 Å². The molecule has 1 aliphatic heterocycles. The predicted octanol–water partition coefficient (Wildman–Crippen LogP) is 1.57. The highest BCUT2D eigenvalue weighted by molar-refractivity contribution is 5.85. The molecule has 0 aromatic carbocycles. The van der Waals surface area contributed by atoms with E-state index in [-0.39, 0.29) is 18.3 Å². The molecular weight excluding hydrogens is 248 g/mol. The maximum atomic E-state index is 12.0. The summed E-state index contributed by atoms with van der Waals surface area (Å²) in [6.45, 7) is 1.78. The van der Waals surface area contributed by atoms with Crippen LogP contribution in [0, 0.1) is 29.6 Å². The highest BCUT2D eigenvalue weighted by Gasteiger charge is 2.54. The van der Waals surface area contributed by atoms with E-state index in [4.69, 9.17) is 0 Å². The molecule has 0 aromatic rings. The normalized spacial score (nSPS) is 45.2. The zero-order valence-electron chi connectivity index (χ0n) is 10.7. The fraction of sp³-hybridized carbons (Fsp3) is 0.929. The van der Waals surface area contributed by atoms with Crippen LogP contribution in [0.5, 0.6) is 0 Å². The maximum Gasteiger partial charge on any atom is 0.225 e. The van der Waals surface area contributed by atoms with Gasteiger partial charge in [0.1, 0.15) is 0 Å². The first-order valence-electron chi connectivity index (χ1n) is 7.34. The van der Waals surface area contributed by atoms with Crippen LogP contribution in [0.15, 0.2) is 0 Å². The summed E-state index contributed by atoms with van der Waals surface area (Å²) >= 11 is 0. The minimum absolute atomic E-state index is 0. The van der Waals surface area contributed by atoms with Crippen molar-refractivity contribution in [1.82, 2.24) is 10.6 Å². The van der Waals surface area contributed by atoms with Crippen LogP contribution in [0.25, 0.3) is 0 Å². The highest BCUT2D eigenvalue weighted by atomic mass is 35.5. The number of rotatable bonds is 2. The summed E-state index contributed by atoms with van der Waals surface area (Å²) in [6, 6.07) is 0.521. The number of carbonyl (C=O) groups is 1. The van der Waals surface area contributed by atoms with Crippen molar-refractivity contribution in [1.29, 1.82) is 0 Å². The number of nitrogens with one attached hydrogen (secondary N) is 2. The molecular formula is C14H23ClN2O. The lowest BCUT2D eigenvalue weighted by Gasteiger charge is -2.34. The summed E-state index contributed by atoms with van der Waals surface area (Å²) in [5.74, 6) is 4.32. The second-order valence-corrected chi connectivity index (χ2v) is 6.62. The van der Waals surface area contributed by atoms with Gasteiger partial charge in [0.2, 0.25) is 5.91 Å². The van der Waals surface area contributed by atoms with Gasteiger partial charge in [-0.2, -0.15) is 0 Å². The van der Waals surface area contributed by atoms with Gasteiger partial charge in [0.15, 0.2) is 0 Å². The van der Waals surface area contributed by atoms with Gasteiger partial charge in [-0.15, -0.1) is 12.4 Å². The Morgan fingerprint density at radius 1 is 1.06 bits per heavy atom. The third-order valence-corrected chi connectivity index (χ3v) is 5.91. The van der Waals surface area contributed by atoms with Crippen molar-refractivity contribution >= 4 is 18.3 Å². The molecule has 4 heteroatoms. The molecule has 1 amide bonds. The SMILES string of the molecule is Cl.O=C(NC1CC2CC1C1CCCC21)C1CNC1. The molecule has 1 heterocycles. The Bertz CT molecular complexity index is 345. The topological polar surface area (TPSA) is 41.1 Å². The van der Waals surface area contributed by atoms with Crippen LogP contribution in [0.1, 0.15) is 32.1 Å². The summed E-state index contributed by atoms with van der Waals surface area (Å²) in [6.07, 6.45) is 7.03. The molecule has 0 spiro atoms. The highest BCUT2D eigenvalue weighted by Crippen LogP contribution is 2.58. The summed E-state index contributed by atoms with van der Waals surface area (Å²) < 4.78 is 0. The second kappa shape index (κ2) is 4.68. The van der Waals surface area contributed by atoms with E-state index in [2.05, 4.69) is 10.6 Å². The van der Waals surface area contributed by atoms with E-state index in [9.17, 15) is 4.79 Å². The fourth-order valence-electron chi connectivity index (χ4n) is 5.01. The molecule has 2 bridgehead atoms. The maximum absolute atomic E-state index is 12.0. The molecule has 4 rings (SSSR count). The van der Waals surface area contributed by atoms with Crippen LogP contribution in [0.3, 0.4) is 0 Å². The van der Waals surface area contributed by atoms with E-state index < -0.39 is 0 Å². The lowest BCUT2D eigenvalue weighted by molar-refractivity contribution is -0.127. The Kier molecular flexibility index (Phi) is 3.31. The molecule has 1 saturated heterocycles. The first-order valence-corrected chi connectivity index (χ1v) is 7.34. The molecule has 3 aliphatic carbocycles. The zero-order valence-corrected chi connectivity index (χ0v) is 11.5. The number of hydrogen-bond acceptors (Lipinski definition) is 2. The third kappa shape index (κ3) is 1.78. The van der Waals surface area contributed by atoms with Gasteiger partial charge in [-0.05, 0) is 49.4 Å². The fourth-order valence-corrected chi connectivity index (χ4v) is 5.01. The average molecular weight is 271 g/mol. The van der Waals surface area contributed by atoms with Crippen molar-refractivity contribution < 1.29 is 4.79 Å². The standard InChI is InChI=1S/C14H22N2O.ClH/c17-14(9-6-15-7-9)16-13-5-8-4-12(13)11-3-1-2-10(8)11;/h8-13,15H,1-7H2,(H,16,17);1H. The summed E-state index contributed by atoms with van der Waals surface area (Å²) in [4.78, 5) is 12.0. The summed E-state index contributed by atoms with van der Waals surface area (Å²) in [7, 11) is 0. The molecule has 3 saturated carbocycles. The zero-order chi connectivity index (χ0) is 11.4. The minimum atomic E-state index is 0. The molecule has 102 valence electrons.